The van der Waals surface area contributed by atoms with Gasteiger partial charge in [0.1, 0.15) is 11.4 Å². The second-order valence-corrected chi connectivity index (χ2v) is 7.56. The fraction of sp³-hybridized carbons (Fsp3) is 0.182. The quantitative estimate of drug-likeness (QED) is 0.618. The number of hydrogen-bond donors (Lipinski definition) is 0. The molecule has 0 saturated heterocycles. The molecule has 0 fully saturated rings. The van der Waals surface area contributed by atoms with E-state index >= 15 is 0 Å². The highest BCUT2D eigenvalue weighted by Gasteiger charge is 2.41. The maximum Gasteiger partial charge on any atom is 0.231 e. The van der Waals surface area contributed by atoms with Crippen molar-refractivity contribution in [1.82, 2.24) is 9.99 Å². The molecular formula is C22H16ClN3O3. The number of hydrazone groups is 1. The summed E-state index contributed by atoms with van der Waals surface area (Å²) in [4.78, 5) is 4.50. The third-order valence-electron chi connectivity index (χ3n) is 5.40. The van der Waals surface area contributed by atoms with Crippen molar-refractivity contribution in [3.05, 3.63) is 82.6 Å². The summed E-state index contributed by atoms with van der Waals surface area (Å²) in [5.41, 5.74) is 3.82. The number of fused-ring (bicyclic) bond motifs is 4. The lowest BCUT2D eigenvalue weighted by Gasteiger charge is -2.37. The van der Waals surface area contributed by atoms with Crippen molar-refractivity contribution in [1.29, 1.82) is 0 Å². The van der Waals surface area contributed by atoms with Gasteiger partial charge in [0, 0.05) is 28.8 Å². The molecule has 3 aromatic rings. The van der Waals surface area contributed by atoms with E-state index in [1.165, 1.54) is 0 Å². The number of halogens is 1. The molecule has 2 atom stereocenters. The molecule has 0 aliphatic carbocycles. The zero-order valence-electron chi connectivity index (χ0n) is 15.3. The minimum Gasteiger partial charge on any atom is -0.463 e. The number of nitrogens with zero attached hydrogens (tertiary/aromatic N) is 3. The van der Waals surface area contributed by atoms with E-state index in [0.29, 0.717) is 5.02 Å². The van der Waals surface area contributed by atoms with Crippen LogP contribution in [0.15, 0.2) is 65.9 Å². The van der Waals surface area contributed by atoms with E-state index in [1.54, 1.807) is 6.20 Å². The molecule has 1 aromatic heterocycles. The lowest BCUT2D eigenvalue weighted by molar-refractivity contribution is -0.0218. The second kappa shape index (κ2) is 6.39. The van der Waals surface area contributed by atoms with Gasteiger partial charge in [-0.25, -0.2) is 5.01 Å². The zero-order chi connectivity index (χ0) is 19.4. The Hall–Kier alpha value is -3.25. The highest BCUT2D eigenvalue weighted by atomic mass is 35.5. The molecule has 0 N–H and O–H groups in total. The molecule has 3 aliphatic rings. The van der Waals surface area contributed by atoms with E-state index in [4.69, 9.17) is 30.9 Å². The van der Waals surface area contributed by atoms with Gasteiger partial charge in [0.2, 0.25) is 13.0 Å². The predicted molar refractivity (Wildman–Crippen MR) is 107 cm³/mol. The number of ether oxygens (including phenoxy) is 3. The van der Waals surface area contributed by atoms with Crippen molar-refractivity contribution in [2.24, 2.45) is 5.10 Å². The lowest BCUT2D eigenvalue weighted by atomic mass is 9.96. The molecule has 7 heteroatoms. The minimum atomic E-state index is -0.401. The molecule has 3 aliphatic heterocycles. The zero-order valence-corrected chi connectivity index (χ0v) is 16.0. The Bertz CT molecular complexity index is 1140. The van der Waals surface area contributed by atoms with Gasteiger partial charge >= 0.3 is 0 Å². The van der Waals surface area contributed by atoms with Crippen LogP contribution in [0.2, 0.25) is 5.02 Å². The van der Waals surface area contributed by atoms with Gasteiger partial charge in [-0.3, -0.25) is 4.98 Å². The molecule has 29 heavy (non-hydrogen) atoms. The SMILES string of the molecule is Clc1ccc2c(c1)[C@@H]1CC(c3ccc4c(c3)OCO4)=NN1[C@H](c1ccccn1)O2. The first-order valence-electron chi connectivity index (χ1n) is 9.39. The Balaban J connectivity index is 1.44. The molecule has 144 valence electrons. The van der Waals surface area contributed by atoms with Gasteiger partial charge in [-0.1, -0.05) is 17.7 Å². The molecule has 2 aromatic carbocycles. The summed E-state index contributed by atoms with van der Waals surface area (Å²) in [5.74, 6) is 2.32. The van der Waals surface area contributed by atoms with Gasteiger partial charge in [0.25, 0.3) is 0 Å². The van der Waals surface area contributed by atoms with Crippen LogP contribution in [-0.4, -0.2) is 22.5 Å². The van der Waals surface area contributed by atoms with Crippen molar-refractivity contribution in [3.8, 4) is 17.2 Å². The molecule has 6 rings (SSSR count). The van der Waals surface area contributed by atoms with Crippen molar-refractivity contribution in [2.45, 2.75) is 18.7 Å². The van der Waals surface area contributed by atoms with Crippen LogP contribution in [0, 0.1) is 0 Å². The van der Waals surface area contributed by atoms with E-state index in [2.05, 4.69) is 4.98 Å². The first-order chi connectivity index (χ1) is 14.3. The van der Waals surface area contributed by atoms with Gasteiger partial charge in [-0.05, 0) is 48.5 Å². The molecule has 0 bridgehead atoms. The molecule has 4 heterocycles. The van der Waals surface area contributed by atoms with Gasteiger partial charge in [-0.2, -0.15) is 5.10 Å². The Morgan fingerprint density at radius 2 is 1.86 bits per heavy atom. The summed E-state index contributed by atoms with van der Waals surface area (Å²) in [7, 11) is 0. The largest absolute Gasteiger partial charge is 0.463 e. The number of hydrogen-bond acceptors (Lipinski definition) is 6. The lowest BCUT2D eigenvalue weighted by Crippen LogP contribution is -2.34. The van der Waals surface area contributed by atoms with Crippen LogP contribution in [0.1, 0.15) is 35.5 Å². The van der Waals surface area contributed by atoms with E-state index in [0.717, 1.165) is 46.2 Å². The van der Waals surface area contributed by atoms with Crippen LogP contribution in [0.4, 0.5) is 0 Å². The summed E-state index contributed by atoms with van der Waals surface area (Å²) in [6, 6.07) is 17.5. The fourth-order valence-corrected chi connectivity index (χ4v) is 4.21. The van der Waals surface area contributed by atoms with Gasteiger partial charge in [-0.15, -0.1) is 0 Å². The van der Waals surface area contributed by atoms with Crippen LogP contribution in [0.5, 0.6) is 17.2 Å². The van der Waals surface area contributed by atoms with Gasteiger partial charge in [0.05, 0.1) is 11.8 Å². The molecule has 0 amide bonds. The van der Waals surface area contributed by atoms with Gasteiger partial charge < -0.3 is 14.2 Å². The average molecular weight is 406 g/mol. The maximum absolute atomic E-state index is 6.30. The Morgan fingerprint density at radius 3 is 2.76 bits per heavy atom. The van der Waals surface area contributed by atoms with Crippen molar-refractivity contribution in [3.63, 3.8) is 0 Å². The monoisotopic (exact) mass is 405 g/mol. The third-order valence-corrected chi connectivity index (χ3v) is 5.63. The summed E-state index contributed by atoms with van der Waals surface area (Å²) in [6.45, 7) is 0.251. The Kier molecular flexibility index (Phi) is 3.67. The molecular weight excluding hydrogens is 390 g/mol. The fourth-order valence-electron chi connectivity index (χ4n) is 4.03. The molecule has 0 spiro atoms. The van der Waals surface area contributed by atoms with Gasteiger partial charge in [0.15, 0.2) is 11.5 Å². The number of pyridine rings is 1. The normalized spacial score (nSPS) is 21.3. The highest BCUT2D eigenvalue weighted by molar-refractivity contribution is 6.30. The number of benzene rings is 2. The topological polar surface area (TPSA) is 56.2 Å². The van der Waals surface area contributed by atoms with E-state index < -0.39 is 6.23 Å². The molecule has 0 radical (unpaired) electrons. The summed E-state index contributed by atoms with van der Waals surface area (Å²) in [5, 5.41) is 7.61. The Labute approximate surface area is 172 Å². The molecule has 0 saturated carbocycles. The van der Waals surface area contributed by atoms with Crippen molar-refractivity contribution in [2.75, 3.05) is 6.79 Å². The summed E-state index contributed by atoms with van der Waals surface area (Å²) >= 11 is 6.28. The third kappa shape index (κ3) is 2.71. The minimum absolute atomic E-state index is 0.0184. The van der Waals surface area contributed by atoms with Crippen molar-refractivity contribution >= 4 is 17.3 Å². The molecule has 6 nitrogen and oxygen atoms in total. The van der Waals surface area contributed by atoms with E-state index in [-0.39, 0.29) is 12.8 Å². The summed E-state index contributed by atoms with van der Waals surface area (Å²) < 4.78 is 17.3. The van der Waals surface area contributed by atoms with Crippen LogP contribution in [-0.2, 0) is 0 Å². The number of aromatic nitrogens is 1. The second-order valence-electron chi connectivity index (χ2n) is 7.12. The smallest absolute Gasteiger partial charge is 0.231 e. The average Bonchev–Trinajstić information content (AvgIpc) is 3.40. The van der Waals surface area contributed by atoms with Crippen molar-refractivity contribution < 1.29 is 14.2 Å². The highest BCUT2D eigenvalue weighted by Crippen LogP contribution is 2.48. The standard InChI is InChI=1S/C22H16ClN3O3/c23-14-5-7-19-15(10-14)18-11-17(13-4-6-20-21(9-13)28-12-27-20)25-26(18)22(29-19)16-3-1-2-8-24-16/h1-10,18,22H,11-12H2/t18-,22-/m0/s1. The number of rotatable bonds is 2. The first-order valence-corrected chi connectivity index (χ1v) is 9.77. The van der Waals surface area contributed by atoms with Crippen LogP contribution < -0.4 is 14.2 Å². The van der Waals surface area contributed by atoms with Crippen LogP contribution in [0.3, 0.4) is 0 Å². The van der Waals surface area contributed by atoms with E-state index in [9.17, 15) is 0 Å². The molecule has 0 unspecified atom stereocenters. The van der Waals surface area contributed by atoms with Crippen LogP contribution in [0.25, 0.3) is 0 Å². The predicted octanol–water partition coefficient (Wildman–Crippen LogP) is 4.71. The maximum atomic E-state index is 6.30. The van der Waals surface area contributed by atoms with E-state index in [1.807, 2.05) is 59.6 Å². The summed E-state index contributed by atoms with van der Waals surface area (Å²) in [6.07, 6.45) is 2.10. The first kappa shape index (κ1) is 16.7. The van der Waals surface area contributed by atoms with Crippen LogP contribution >= 0.6 is 11.6 Å². The Morgan fingerprint density at radius 1 is 0.966 bits per heavy atom.